The van der Waals surface area contributed by atoms with Crippen LogP contribution in [0.25, 0.3) is 0 Å². The van der Waals surface area contributed by atoms with Gasteiger partial charge in [-0.3, -0.25) is 0 Å². The van der Waals surface area contributed by atoms with E-state index in [0.29, 0.717) is 13.2 Å². The summed E-state index contributed by atoms with van der Waals surface area (Å²) in [5.74, 6) is 0.627. The quantitative estimate of drug-likeness (QED) is 0.445. The fourth-order valence-electron chi connectivity index (χ4n) is 1.41. The van der Waals surface area contributed by atoms with Crippen molar-refractivity contribution >= 4 is 5.97 Å². The maximum Gasteiger partial charge on any atom is 0.332 e. The molecule has 0 aromatic heterocycles. The van der Waals surface area contributed by atoms with Crippen LogP contribution in [0.4, 0.5) is 0 Å². The number of carbonyl (C=O) groups excluding carboxylic acids is 1. The number of esters is 1. The number of nitrogens with zero attached hydrogens (tertiary/aromatic N) is 1. The lowest BCUT2D eigenvalue weighted by Crippen LogP contribution is -2.26. The smallest absolute Gasteiger partial charge is 0.332 e. The zero-order valence-electron chi connectivity index (χ0n) is 9.70. The first-order valence-corrected chi connectivity index (χ1v) is 5.64. The number of hydrogen-bond acceptors (Lipinski definition) is 4. The van der Waals surface area contributed by atoms with Crippen molar-refractivity contribution in [1.29, 1.82) is 0 Å². The van der Waals surface area contributed by atoms with Gasteiger partial charge in [0.15, 0.2) is 0 Å². The van der Waals surface area contributed by atoms with Crippen LogP contribution in [0.3, 0.4) is 0 Å². The van der Waals surface area contributed by atoms with Crippen LogP contribution >= 0.6 is 0 Å². The molecule has 0 bridgehead atoms. The SMILES string of the molecule is CCOC(=O)COCCN(C)CC1CC1. The van der Waals surface area contributed by atoms with E-state index in [2.05, 4.69) is 11.9 Å². The summed E-state index contributed by atoms with van der Waals surface area (Å²) in [6, 6.07) is 0. The molecule has 0 radical (unpaired) electrons. The van der Waals surface area contributed by atoms with Crippen LogP contribution in [-0.4, -0.2) is 50.8 Å². The molecule has 4 heteroatoms. The molecule has 1 rings (SSSR count). The molecule has 15 heavy (non-hydrogen) atoms. The van der Waals surface area contributed by atoms with Gasteiger partial charge in [0.2, 0.25) is 0 Å². The Morgan fingerprint density at radius 1 is 1.47 bits per heavy atom. The molecule has 0 aromatic carbocycles. The van der Waals surface area contributed by atoms with Gasteiger partial charge < -0.3 is 14.4 Å². The van der Waals surface area contributed by atoms with E-state index >= 15 is 0 Å². The Labute approximate surface area is 91.5 Å². The highest BCUT2D eigenvalue weighted by Gasteiger charge is 2.22. The molecule has 0 heterocycles. The van der Waals surface area contributed by atoms with Gasteiger partial charge in [0, 0.05) is 13.1 Å². The average molecular weight is 215 g/mol. The Morgan fingerprint density at radius 3 is 2.80 bits per heavy atom. The summed E-state index contributed by atoms with van der Waals surface area (Å²) < 4.78 is 9.95. The molecule has 1 aliphatic carbocycles. The van der Waals surface area contributed by atoms with E-state index in [9.17, 15) is 4.79 Å². The summed E-state index contributed by atoms with van der Waals surface area (Å²) in [6.45, 7) is 4.93. The topological polar surface area (TPSA) is 38.8 Å². The van der Waals surface area contributed by atoms with Gasteiger partial charge in [-0.25, -0.2) is 4.79 Å². The molecule has 0 amide bonds. The summed E-state index contributed by atoms with van der Waals surface area (Å²) in [5, 5.41) is 0. The first-order chi connectivity index (χ1) is 7.22. The predicted octanol–water partition coefficient (Wildman–Crippen LogP) is 0.908. The maximum absolute atomic E-state index is 10.9. The second kappa shape index (κ2) is 6.80. The van der Waals surface area contributed by atoms with E-state index in [4.69, 9.17) is 9.47 Å². The van der Waals surface area contributed by atoms with Crippen LogP contribution in [0.5, 0.6) is 0 Å². The normalized spacial score (nSPS) is 15.7. The Balaban J connectivity index is 1.88. The van der Waals surface area contributed by atoms with E-state index < -0.39 is 0 Å². The molecule has 88 valence electrons. The first-order valence-electron chi connectivity index (χ1n) is 5.64. The van der Waals surface area contributed by atoms with Gasteiger partial charge in [0.05, 0.1) is 13.2 Å². The third-order valence-electron chi connectivity index (χ3n) is 2.41. The largest absolute Gasteiger partial charge is 0.464 e. The lowest BCUT2D eigenvalue weighted by atomic mass is 10.4. The Kier molecular flexibility index (Phi) is 5.65. The van der Waals surface area contributed by atoms with Crippen molar-refractivity contribution < 1.29 is 14.3 Å². The van der Waals surface area contributed by atoms with Gasteiger partial charge >= 0.3 is 5.97 Å². The highest BCUT2D eigenvalue weighted by Crippen LogP contribution is 2.29. The number of carbonyl (C=O) groups is 1. The van der Waals surface area contributed by atoms with Gasteiger partial charge in [-0.1, -0.05) is 0 Å². The molecule has 0 aliphatic heterocycles. The van der Waals surface area contributed by atoms with Crippen molar-refractivity contribution in [1.82, 2.24) is 4.90 Å². The Hall–Kier alpha value is -0.610. The number of hydrogen-bond donors (Lipinski definition) is 0. The fourth-order valence-corrected chi connectivity index (χ4v) is 1.41. The van der Waals surface area contributed by atoms with Crippen molar-refractivity contribution in [2.24, 2.45) is 5.92 Å². The van der Waals surface area contributed by atoms with Crippen molar-refractivity contribution in [2.75, 3.05) is 40.0 Å². The van der Waals surface area contributed by atoms with E-state index in [1.54, 1.807) is 6.92 Å². The van der Waals surface area contributed by atoms with E-state index in [0.717, 1.165) is 19.0 Å². The predicted molar refractivity (Wildman–Crippen MR) is 57.7 cm³/mol. The lowest BCUT2D eigenvalue weighted by molar-refractivity contribution is -0.148. The molecule has 1 fully saturated rings. The molecule has 1 aliphatic rings. The van der Waals surface area contributed by atoms with E-state index in [1.165, 1.54) is 12.8 Å². The van der Waals surface area contributed by atoms with Gasteiger partial charge in [0.1, 0.15) is 6.61 Å². The average Bonchev–Trinajstić information content (AvgIpc) is 2.97. The minimum Gasteiger partial charge on any atom is -0.464 e. The van der Waals surface area contributed by atoms with Gasteiger partial charge in [-0.05, 0) is 32.7 Å². The molecule has 0 unspecified atom stereocenters. The molecule has 0 spiro atoms. The van der Waals surface area contributed by atoms with Gasteiger partial charge in [-0.2, -0.15) is 0 Å². The highest BCUT2D eigenvalue weighted by molar-refractivity contribution is 5.70. The molecule has 1 saturated carbocycles. The minimum absolute atomic E-state index is 0.0745. The lowest BCUT2D eigenvalue weighted by Gasteiger charge is -2.15. The molecular weight excluding hydrogens is 194 g/mol. The second-order valence-corrected chi connectivity index (χ2v) is 4.06. The van der Waals surface area contributed by atoms with Crippen LogP contribution < -0.4 is 0 Å². The van der Waals surface area contributed by atoms with Crippen LogP contribution in [0.2, 0.25) is 0 Å². The zero-order chi connectivity index (χ0) is 11.1. The number of rotatable bonds is 8. The molecular formula is C11H21NO3. The summed E-state index contributed by atoms with van der Waals surface area (Å²) in [7, 11) is 2.09. The Morgan fingerprint density at radius 2 is 2.20 bits per heavy atom. The number of ether oxygens (including phenoxy) is 2. The van der Waals surface area contributed by atoms with Gasteiger partial charge in [0.25, 0.3) is 0 Å². The highest BCUT2D eigenvalue weighted by atomic mass is 16.6. The maximum atomic E-state index is 10.9. The number of likely N-dealkylation sites (N-methyl/N-ethyl adjacent to an activating group) is 1. The standard InChI is InChI=1S/C11H21NO3/c1-3-15-11(13)9-14-7-6-12(2)8-10-4-5-10/h10H,3-9H2,1-2H3. The molecule has 0 saturated heterocycles. The zero-order valence-corrected chi connectivity index (χ0v) is 9.70. The van der Waals surface area contributed by atoms with E-state index in [1.807, 2.05) is 0 Å². The third kappa shape index (κ3) is 6.47. The Bertz CT molecular complexity index is 192. The van der Waals surface area contributed by atoms with Crippen LogP contribution in [0.1, 0.15) is 19.8 Å². The third-order valence-corrected chi connectivity index (χ3v) is 2.41. The van der Waals surface area contributed by atoms with Crippen molar-refractivity contribution in [3.8, 4) is 0 Å². The van der Waals surface area contributed by atoms with Gasteiger partial charge in [-0.15, -0.1) is 0 Å². The van der Waals surface area contributed by atoms with Crippen LogP contribution in [-0.2, 0) is 14.3 Å². The van der Waals surface area contributed by atoms with Crippen molar-refractivity contribution in [2.45, 2.75) is 19.8 Å². The van der Waals surface area contributed by atoms with E-state index in [-0.39, 0.29) is 12.6 Å². The summed E-state index contributed by atoms with van der Waals surface area (Å²) >= 11 is 0. The van der Waals surface area contributed by atoms with Crippen molar-refractivity contribution in [3.63, 3.8) is 0 Å². The second-order valence-electron chi connectivity index (χ2n) is 4.06. The molecule has 0 atom stereocenters. The molecule has 0 N–H and O–H groups in total. The molecule has 0 aromatic rings. The monoisotopic (exact) mass is 215 g/mol. The van der Waals surface area contributed by atoms with Crippen LogP contribution in [0.15, 0.2) is 0 Å². The first kappa shape index (κ1) is 12.5. The fraction of sp³-hybridized carbons (Fsp3) is 0.909. The summed E-state index contributed by atoms with van der Waals surface area (Å²) in [4.78, 5) is 13.2. The van der Waals surface area contributed by atoms with Crippen molar-refractivity contribution in [3.05, 3.63) is 0 Å². The molecule has 4 nitrogen and oxygen atoms in total. The summed E-state index contributed by atoms with van der Waals surface area (Å²) in [6.07, 6.45) is 2.74. The minimum atomic E-state index is -0.276. The summed E-state index contributed by atoms with van der Waals surface area (Å²) in [5.41, 5.74) is 0. The van der Waals surface area contributed by atoms with Crippen LogP contribution in [0, 0.1) is 5.92 Å².